The van der Waals surface area contributed by atoms with Crippen molar-refractivity contribution in [2.75, 3.05) is 4.90 Å². The summed E-state index contributed by atoms with van der Waals surface area (Å²) in [5.41, 5.74) is 0.552. The maximum absolute atomic E-state index is 13.3. The third-order valence-electron chi connectivity index (χ3n) is 4.85. The molecule has 32 heavy (non-hydrogen) atoms. The first kappa shape index (κ1) is 21.9. The van der Waals surface area contributed by atoms with E-state index in [2.05, 4.69) is 5.32 Å². The van der Waals surface area contributed by atoms with Gasteiger partial charge in [-0.1, -0.05) is 53.5 Å². The van der Waals surface area contributed by atoms with Crippen LogP contribution in [0.15, 0.2) is 60.2 Å². The van der Waals surface area contributed by atoms with Gasteiger partial charge in [0.15, 0.2) is 0 Å². The molecule has 1 N–H and O–H groups in total. The number of fused-ring (bicyclic) bond motifs is 1. The fraction of sp³-hybridized carbons (Fsp3) is 0.125. The Labute approximate surface area is 194 Å². The highest BCUT2D eigenvalue weighted by atomic mass is 35.5. The van der Waals surface area contributed by atoms with Gasteiger partial charge in [-0.2, -0.15) is 0 Å². The highest BCUT2D eigenvalue weighted by Gasteiger charge is 2.37. The normalized spacial score (nSPS) is 15.6. The minimum atomic E-state index is -0.868. The molecule has 1 saturated heterocycles. The van der Waals surface area contributed by atoms with Crippen LogP contribution in [0.5, 0.6) is 5.75 Å². The fourth-order valence-corrected chi connectivity index (χ4v) is 3.73. The predicted octanol–water partition coefficient (Wildman–Crippen LogP) is 5.60. The summed E-state index contributed by atoms with van der Waals surface area (Å²) in [5.74, 6) is -1.05. The molecule has 8 heteroatoms. The van der Waals surface area contributed by atoms with Crippen molar-refractivity contribution >= 4 is 63.6 Å². The van der Waals surface area contributed by atoms with Gasteiger partial charge in [0.05, 0.1) is 21.8 Å². The zero-order valence-corrected chi connectivity index (χ0v) is 18.7. The molecule has 0 atom stereocenters. The van der Waals surface area contributed by atoms with E-state index in [1.807, 2.05) is 44.2 Å². The van der Waals surface area contributed by atoms with E-state index in [0.717, 1.165) is 15.7 Å². The second-order valence-corrected chi connectivity index (χ2v) is 8.24. The summed E-state index contributed by atoms with van der Waals surface area (Å²) in [5, 5.41) is 4.38. The Hall–Kier alpha value is -3.35. The zero-order valence-electron chi connectivity index (χ0n) is 17.2. The fourth-order valence-electron chi connectivity index (χ4n) is 3.44. The number of barbiturate groups is 1. The number of rotatable bonds is 4. The number of carbonyl (C=O) groups is 3. The Morgan fingerprint density at radius 3 is 2.44 bits per heavy atom. The van der Waals surface area contributed by atoms with Crippen LogP contribution in [0, 0.1) is 0 Å². The summed E-state index contributed by atoms with van der Waals surface area (Å²) in [4.78, 5) is 39.3. The Balaban J connectivity index is 1.86. The first-order valence-corrected chi connectivity index (χ1v) is 10.6. The minimum Gasteiger partial charge on any atom is -0.490 e. The second kappa shape index (κ2) is 8.65. The smallest absolute Gasteiger partial charge is 0.335 e. The van der Waals surface area contributed by atoms with Crippen molar-refractivity contribution in [3.8, 4) is 5.75 Å². The largest absolute Gasteiger partial charge is 0.490 e. The van der Waals surface area contributed by atoms with Gasteiger partial charge in [0.2, 0.25) is 0 Å². The Morgan fingerprint density at radius 2 is 1.72 bits per heavy atom. The molecule has 0 radical (unpaired) electrons. The van der Waals surface area contributed by atoms with Gasteiger partial charge >= 0.3 is 6.03 Å². The van der Waals surface area contributed by atoms with Gasteiger partial charge in [0.25, 0.3) is 11.8 Å². The summed E-state index contributed by atoms with van der Waals surface area (Å²) in [6.45, 7) is 3.77. The standard InChI is InChI=1S/C24H18Cl2N2O4/c1-13(2)32-21-10-7-14-5-3-4-6-16(14)17(21)12-18-22(29)27-24(31)28(23(18)30)15-8-9-19(25)20(26)11-15/h3-13H,1-2H3,(H,27,29,31)/b18-12+. The van der Waals surface area contributed by atoms with E-state index in [0.29, 0.717) is 11.3 Å². The van der Waals surface area contributed by atoms with Gasteiger partial charge in [-0.05, 0) is 55.0 Å². The van der Waals surface area contributed by atoms with Gasteiger partial charge in [-0.25, -0.2) is 9.69 Å². The van der Waals surface area contributed by atoms with Gasteiger partial charge in [0.1, 0.15) is 11.3 Å². The molecule has 3 aromatic carbocycles. The lowest BCUT2D eigenvalue weighted by molar-refractivity contribution is -0.122. The van der Waals surface area contributed by atoms with E-state index in [4.69, 9.17) is 27.9 Å². The van der Waals surface area contributed by atoms with Crippen LogP contribution < -0.4 is 15.0 Å². The van der Waals surface area contributed by atoms with E-state index >= 15 is 0 Å². The van der Waals surface area contributed by atoms with Crippen LogP contribution in [0.1, 0.15) is 19.4 Å². The molecule has 4 rings (SSSR count). The molecule has 0 aliphatic carbocycles. The van der Waals surface area contributed by atoms with Crippen molar-refractivity contribution in [2.45, 2.75) is 20.0 Å². The Morgan fingerprint density at radius 1 is 0.969 bits per heavy atom. The van der Waals surface area contributed by atoms with Crippen LogP contribution in [0.3, 0.4) is 0 Å². The number of halogens is 2. The number of urea groups is 1. The SMILES string of the molecule is CC(C)Oc1ccc2ccccc2c1/C=C1\C(=O)NC(=O)N(c2ccc(Cl)c(Cl)c2)C1=O. The number of benzene rings is 3. The van der Waals surface area contributed by atoms with Crippen molar-refractivity contribution in [3.63, 3.8) is 0 Å². The number of nitrogens with one attached hydrogen (secondary N) is 1. The summed E-state index contributed by atoms with van der Waals surface area (Å²) in [7, 11) is 0. The van der Waals surface area contributed by atoms with Gasteiger partial charge in [-0.3, -0.25) is 14.9 Å². The number of imide groups is 2. The zero-order chi connectivity index (χ0) is 23.0. The number of ether oxygens (including phenoxy) is 1. The lowest BCUT2D eigenvalue weighted by atomic mass is 9.99. The molecule has 0 saturated carbocycles. The molecule has 1 fully saturated rings. The Kier molecular flexibility index (Phi) is 5.91. The van der Waals surface area contributed by atoms with Crippen molar-refractivity contribution in [1.82, 2.24) is 5.32 Å². The van der Waals surface area contributed by atoms with Crippen molar-refractivity contribution in [1.29, 1.82) is 0 Å². The molecule has 0 unspecified atom stereocenters. The number of hydrogen-bond donors (Lipinski definition) is 1. The average molecular weight is 469 g/mol. The average Bonchev–Trinajstić information content (AvgIpc) is 2.74. The summed E-state index contributed by atoms with van der Waals surface area (Å²) < 4.78 is 5.93. The number of hydrogen-bond acceptors (Lipinski definition) is 4. The number of carbonyl (C=O) groups excluding carboxylic acids is 3. The molecule has 0 bridgehead atoms. The number of anilines is 1. The van der Waals surface area contributed by atoms with Gasteiger partial charge in [0, 0.05) is 5.56 Å². The highest BCUT2D eigenvalue weighted by molar-refractivity contribution is 6.43. The summed E-state index contributed by atoms with van der Waals surface area (Å²) in [6.07, 6.45) is 1.33. The number of nitrogens with zero attached hydrogens (tertiary/aromatic N) is 1. The molecule has 162 valence electrons. The third-order valence-corrected chi connectivity index (χ3v) is 5.58. The molecule has 0 spiro atoms. The lowest BCUT2D eigenvalue weighted by Crippen LogP contribution is -2.54. The molecule has 4 amide bonds. The topological polar surface area (TPSA) is 75.7 Å². The second-order valence-electron chi connectivity index (χ2n) is 7.42. The first-order valence-electron chi connectivity index (χ1n) is 9.81. The maximum atomic E-state index is 13.3. The van der Waals surface area contributed by atoms with E-state index in [1.54, 1.807) is 6.07 Å². The van der Waals surface area contributed by atoms with Crippen molar-refractivity contribution in [2.24, 2.45) is 0 Å². The molecular formula is C24H18Cl2N2O4. The minimum absolute atomic E-state index is 0.126. The van der Waals surface area contributed by atoms with E-state index in [9.17, 15) is 14.4 Å². The molecule has 1 aliphatic heterocycles. The van der Waals surface area contributed by atoms with Crippen LogP contribution in [-0.4, -0.2) is 23.9 Å². The lowest BCUT2D eigenvalue weighted by Gasteiger charge is -2.27. The van der Waals surface area contributed by atoms with Crippen LogP contribution >= 0.6 is 23.2 Å². The molecule has 0 aromatic heterocycles. The quantitative estimate of drug-likeness (QED) is 0.399. The first-order chi connectivity index (χ1) is 15.3. The molecule has 6 nitrogen and oxygen atoms in total. The van der Waals surface area contributed by atoms with Crippen LogP contribution in [0.4, 0.5) is 10.5 Å². The highest BCUT2D eigenvalue weighted by Crippen LogP contribution is 2.33. The van der Waals surface area contributed by atoms with E-state index < -0.39 is 17.8 Å². The van der Waals surface area contributed by atoms with Crippen molar-refractivity contribution in [3.05, 3.63) is 75.8 Å². The molecule has 3 aromatic rings. The molecule has 1 heterocycles. The summed E-state index contributed by atoms with van der Waals surface area (Å²) in [6, 6.07) is 14.7. The molecular weight excluding hydrogens is 451 g/mol. The van der Waals surface area contributed by atoms with Gasteiger partial charge in [-0.15, -0.1) is 0 Å². The van der Waals surface area contributed by atoms with Crippen LogP contribution in [0.2, 0.25) is 10.0 Å². The number of amides is 4. The Bertz CT molecular complexity index is 1300. The molecule has 1 aliphatic rings. The van der Waals surface area contributed by atoms with Crippen LogP contribution in [-0.2, 0) is 9.59 Å². The maximum Gasteiger partial charge on any atom is 0.335 e. The monoisotopic (exact) mass is 468 g/mol. The van der Waals surface area contributed by atoms with Crippen molar-refractivity contribution < 1.29 is 19.1 Å². The summed E-state index contributed by atoms with van der Waals surface area (Å²) >= 11 is 12.0. The predicted molar refractivity (Wildman–Crippen MR) is 125 cm³/mol. The third kappa shape index (κ3) is 4.07. The van der Waals surface area contributed by atoms with Crippen LogP contribution in [0.25, 0.3) is 16.8 Å². The van der Waals surface area contributed by atoms with E-state index in [1.165, 1.54) is 24.3 Å². The van der Waals surface area contributed by atoms with Gasteiger partial charge < -0.3 is 4.74 Å². The van der Waals surface area contributed by atoms with E-state index in [-0.39, 0.29) is 27.4 Å².